The van der Waals surface area contributed by atoms with Crippen molar-refractivity contribution in [3.05, 3.63) is 35.9 Å². The summed E-state index contributed by atoms with van der Waals surface area (Å²) in [6.45, 7) is 1.69. The summed E-state index contributed by atoms with van der Waals surface area (Å²) < 4.78 is 0. The molecule has 1 unspecified atom stereocenters. The van der Waals surface area contributed by atoms with E-state index in [9.17, 15) is 9.59 Å². The molecule has 6 heteroatoms. The molecule has 1 aromatic rings. The van der Waals surface area contributed by atoms with Crippen molar-refractivity contribution in [1.82, 2.24) is 10.2 Å². The van der Waals surface area contributed by atoms with Crippen LogP contribution < -0.4 is 11.1 Å². The Morgan fingerprint density at radius 2 is 1.92 bits per heavy atom. The van der Waals surface area contributed by atoms with Gasteiger partial charge in [0.15, 0.2) is 0 Å². The lowest BCUT2D eigenvalue weighted by Gasteiger charge is -2.36. The Bertz CT molecular complexity index is 510. The molecule has 1 saturated heterocycles. The summed E-state index contributed by atoms with van der Waals surface area (Å²) in [7, 11) is 0. The highest BCUT2D eigenvalue weighted by Gasteiger charge is 2.26. The number of aryl methyl sites for hydroxylation is 1. The lowest BCUT2D eigenvalue weighted by atomic mass is 10.0. The molecule has 0 aliphatic carbocycles. The zero-order valence-electron chi connectivity index (χ0n) is 14.1. The van der Waals surface area contributed by atoms with E-state index in [4.69, 9.17) is 5.73 Å². The van der Waals surface area contributed by atoms with Crippen molar-refractivity contribution in [1.29, 1.82) is 0 Å². The number of nitrogens with one attached hydrogen (secondary N) is 1. The van der Waals surface area contributed by atoms with Crippen LogP contribution in [0.4, 0.5) is 0 Å². The molecule has 0 saturated carbocycles. The van der Waals surface area contributed by atoms with Crippen molar-refractivity contribution >= 4 is 24.2 Å². The monoisotopic (exact) mass is 353 g/mol. The molecule has 2 rings (SSSR count). The van der Waals surface area contributed by atoms with Crippen molar-refractivity contribution < 1.29 is 9.59 Å². The second-order valence-electron chi connectivity index (χ2n) is 6.07. The van der Waals surface area contributed by atoms with E-state index in [-0.39, 0.29) is 30.3 Å². The zero-order chi connectivity index (χ0) is 16.5. The maximum absolute atomic E-state index is 12.5. The molecule has 1 aromatic carbocycles. The number of nitrogens with two attached hydrogens (primary N) is 1. The maximum atomic E-state index is 12.5. The van der Waals surface area contributed by atoms with Gasteiger partial charge in [0.25, 0.3) is 0 Å². The van der Waals surface area contributed by atoms with Crippen LogP contribution in [0.1, 0.15) is 37.7 Å². The lowest BCUT2D eigenvalue weighted by Crippen LogP contribution is -2.49. The molecule has 134 valence electrons. The first kappa shape index (κ1) is 20.5. The lowest BCUT2D eigenvalue weighted by molar-refractivity contribution is -0.135. The van der Waals surface area contributed by atoms with E-state index in [1.807, 2.05) is 35.2 Å². The van der Waals surface area contributed by atoms with Crippen LogP contribution in [0.15, 0.2) is 30.3 Å². The predicted molar refractivity (Wildman–Crippen MR) is 98.0 cm³/mol. The van der Waals surface area contributed by atoms with E-state index in [1.54, 1.807) is 0 Å². The van der Waals surface area contributed by atoms with Gasteiger partial charge in [0.2, 0.25) is 11.8 Å². The van der Waals surface area contributed by atoms with Crippen LogP contribution in [-0.4, -0.2) is 42.4 Å². The van der Waals surface area contributed by atoms with E-state index in [0.717, 1.165) is 32.2 Å². The molecular formula is C18H28ClN3O2. The Labute approximate surface area is 150 Å². The third-order valence-electron chi connectivity index (χ3n) is 4.32. The largest absolute Gasteiger partial charge is 0.354 e. The van der Waals surface area contributed by atoms with Gasteiger partial charge in [-0.25, -0.2) is 0 Å². The highest BCUT2D eigenvalue weighted by Crippen LogP contribution is 2.18. The van der Waals surface area contributed by atoms with Crippen LogP contribution in [0.5, 0.6) is 0 Å². The minimum absolute atomic E-state index is 0. The van der Waals surface area contributed by atoms with Gasteiger partial charge in [-0.05, 0) is 31.2 Å². The van der Waals surface area contributed by atoms with Gasteiger partial charge in [0, 0.05) is 38.5 Å². The Morgan fingerprint density at radius 3 is 2.62 bits per heavy atom. The molecule has 3 N–H and O–H groups in total. The third kappa shape index (κ3) is 6.49. The van der Waals surface area contributed by atoms with Gasteiger partial charge in [-0.1, -0.05) is 30.3 Å². The average molecular weight is 354 g/mol. The van der Waals surface area contributed by atoms with Crippen LogP contribution >= 0.6 is 12.4 Å². The van der Waals surface area contributed by atoms with Crippen LogP contribution in [0.25, 0.3) is 0 Å². The van der Waals surface area contributed by atoms with Crippen LogP contribution in [0.3, 0.4) is 0 Å². The smallest absolute Gasteiger partial charge is 0.223 e. The molecule has 1 heterocycles. The van der Waals surface area contributed by atoms with Crippen molar-refractivity contribution in [2.45, 2.75) is 44.6 Å². The van der Waals surface area contributed by atoms with Gasteiger partial charge in [-0.3, -0.25) is 9.59 Å². The first-order valence-corrected chi connectivity index (χ1v) is 8.51. The SMILES string of the molecule is Cl.NCCC(=O)NCC1CCCCN1C(=O)CCc1ccccc1. The number of nitrogens with zero attached hydrogens (tertiary/aromatic N) is 1. The number of likely N-dealkylation sites (tertiary alicyclic amines) is 1. The van der Waals surface area contributed by atoms with Crippen molar-refractivity contribution in [3.63, 3.8) is 0 Å². The second-order valence-corrected chi connectivity index (χ2v) is 6.07. The molecule has 24 heavy (non-hydrogen) atoms. The molecule has 0 radical (unpaired) electrons. The van der Waals surface area contributed by atoms with Crippen LogP contribution in [0.2, 0.25) is 0 Å². The Morgan fingerprint density at radius 1 is 1.17 bits per heavy atom. The molecular weight excluding hydrogens is 326 g/mol. The minimum Gasteiger partial charge on any atom is -0.354 e. The molecule has 1 aliphatic heterocycles. The fourth-order valence-electron chi connectivity index (χ4n) is 3.03. The normalized spacial score (nSPS) is 17.0. The Balaban J connectivity index is 0.00000288. The summed E-state index contributed by atoms with van der Waals surface area (Å²) in [5, 5.41) is 2.90. The number of hydrogen-bond acceptors (Lipinski definition) is 3. The van der Waals surface area contributed by atoms with E-state index < -0.39 is 0 Å². The molecule has 1 fully saturated rings. The summed E-state index contributed by atoms with van der Waals surface area (Å²) in [5.41, 5.74) is 6.57. The fraction of sp³-hybridized carbons (Fsp3) is 0.556. The van der Waals surface area contributed by atoms with E-state index in [1.165, 1.54) is 5.56 Å². The van der Waals surface area contributed by atoms with E-state index in [2.05, 4.69) is 5.32 Å². The number of hydrogen-bond donors (Lipinski definition) is 2. The first-order valence-electron chi connectivity index (χ1n) is 8.51. The summed E-state index contributed by atoms with van der Waals surface area (Å²) in [6, 6.07) is 10.2. The quantitative estimate of drug-likeness (QED) is 0.786. The molecule has 0 aromatic heterocycles. The summed E-state index contributed by atoms with van der Waals surface area (Å²) >= 11 is 0. The average Bonchev–Trinajstić information content (AvgIpc) is 2.59. The summed E-state index contributed by atoms with van der Waals surface area (Å²) in [5.74, 6) is 0.154. The predicted octanol–water partition coefficient (Wildman–Crippen LogP) is 1.89. The van der Waals surface area contributed by atoms with Gasteiger partial charge in [0.1, 0.15) is 0 Å². The summed E-state index contributed by atoms with van der Waals surface area (Å²) in [4.78, 5) is 26.1. The number of carbonyl (C=O) groups excluding carboxylic acids is 2. The molecule has 5 nitrogen and oxygen atoms in total. The zero-order valence-corrected chi connectivity index (χ0v) is 14.9. The van der Waals surface area contributed by atoms with Crippen LogP contribution in [0, 0.1) is 0 Å². The number of carbonyl (C=O) groups is 2. The molecule has 0 bridgehead atoms. The third-order valence-corrected chi connectivity index (χ3v) is 4.32. The first-order chi connectivity index (χ1) is 11.2. The number of halogens is 1. The molecule has 2 amide bonds. The number of amides is 2. The van der Waals surface area contributed by atoms with Gasteiger partial charge in [0.05, 0.1) is 0 Å². The van der Waals surface area contributed by atoms with Gasteiger partial charge in [-0.15, -0.1) is 12.4 Å². The highest BCUT2D eigenvalue weighted by atomic mass is 35.5. The number of rotatable bonds is 7. The van der Waals surface area contributed by atoms with Crippen molar-refractivity contribution in [3.8, 4) is 0 Å². The number of piperidine rings is 1. The van der Waals surface area contributed by atoms with Gasteiger partial charge < -0.3 is 16.0 Å². The standard InChI is InChI=1S/C18H27N3O2.ClH/c19-12-11-17(22)20-14-16-8-4-5-13-21(16)18(23)10-9-15-6-2-1-3-7-15;/h1-3,6-7,16H,4-5,8-14,19H2,(H,20,22);1H. The van der Waals surface area contributed by atoms with Crippen molar-refractivity contribution in [2.24, 2.45) is 5.73 Å². The van der Waals surface area contributed by atoms with Crippen LogP contribution in [-0.2, 0) is 16.0 Å². The molecule has 0 spiro atoms. The molecule has 1 atom stereocenters. The van der Waals surface area contributed by atoms with Gasteiger partial charge in [-0.2, -0.15) is 0 Å². The highest BCUT2D eigenvalue weighted by molar-refractivity contribution is 5.85. The Kier molecular flexibility index (Phi) is 9.42. The topological polar surface area (TPSA) is 75.4 Å². The maximum Gasteiger partial charge on any atom is 0.223 e. The summed E-state index contributed by atoms with van der Waals surface area (Å²) in [6.07, 6.45) is 4.75. The Hall–Kier alpha value is -1.59. The fourth-order valence-corrected chi connectivity index (χ4v) is 3.03. The van der Waals surface area contributed by atoms with E-state index in [0.29, 0.717) is 25.9 Å². The second kappa shape index (κ2) is 11.0. The minimum atomic E-state index is -0.0326. The number of benzene rings is 1. The molecule has 1 aliphatic rings. The van der Waals surface area contributed by atoms with Gasteiger partial charge >= 0.3 is 0 Å². The van der Waals surface area contributed by atoms with E-state index >= 15 is 0 Å². The van der Waals surface area contributed by atoms with Crippen molar-refractivity contribution in [2.75, 3.05) is 19.6 Å².